The normalized spacial score (nSPS) is 12.1. The number of carbonyl (C=O) groups excluding carboxylic acids is 1. The zero-order valence-electron chi connectivity index (χ0n) is 12.4. The van der Waals surface area contributed by atoms with Gasteiger partial charge >= 0.3 is 0 Å². The number of likely N-dealkylation sites (N-methyl/N-ethyl adjacent to an activating group) is 1. The van der Waals surface area contributed by atoms with Crippen LogP contribution in [0, 0.1) is 0 Å². The summed E-state index contributed by atoms with van der Waals surface area (Å²) in [4.78, 5) is 15.8. The first-order valence-electron chi connectivity index (χ1n) is 6.72. The summed E-state index contributed by atoms with van der Waals surface area (Å²) in [6.07, 6.45) is 1.66. The number of hydrogen-bond acceptors (Lipinski definition) is 3. The molecule has 0 radical (unpaired) electrons. The van der Waals surface area contributed by atoms with Crippen molar-refractivity contribution < 1.29 is 4.79 Å². The van der Waals surface area contributed by atoms with Gasteiger partial charge in [-0.15, -0.1) is 0 Å². The summed E-state index contributed by atoms with van der Waals surface area (Å²) in [5.74, 6) is 0.0112. The average Bonchev–Trinajstić information content (AvgIpc) is 2.38. The van der Waals surface area contributed by atoms with E-state index in [4.69, 9.17) is 5.73 Å². The van der Waals surface area contributed by atoms with E-state index in [9.17, 15) is 4.79 Å². The highest BCUT2D eigenvalue weighted by Crippen LogP contribution is 2.15. The van der Waals surface area contributed by atoms with Crippen LogP contribution in [0.3, 0.4) is 0 Å². The van der Waals surface area contributed by atoms with Gasteiger partial charge < -0.3 is 15.5 Å². The lowest BCUT2D eigenvalue weighted by molar-refractivity contribution is -0.131. The van der Waals surface area contributed by atoms with Gasteiger partial charge in [-0.05, 0) is 24.1 Å². The van der Waals surface area contributed by atoms with E-state index >= 15 is 0 Å². The van der Waals surface area contributed by atoms with E-state index in [0.717, 1.165) is 24.1 Å². The molecule has 0 aliphatic heterocycles. The van der Waals surface area contributed by atoms with Crippen molar-refractivity contribution in [3.63, 3.8) is 0 Å². The monoisotopic (exact) mass is 263 g/mol. The van der Waals surface area contributed by atoms with E-state index in [-0.39, 0.29) is 11.9 Å². The van der Waals surface area contributed by atoms with E-state index in [1.807, 2.05) is 44.1 Å². The van der Waals surface area contributed by atoms with E-state index in [2.05, 4.69) is 6.07 Å². The van der Waals surface area contributed by atoms with Crippen LogP contribution in [-0.4, -0.2) is 38.0 Å². The fraction of sp³-hybridized carbons (Fsp3) is 0.533. The maximum absolute atomic E-state index is 12.0. The molecule has 0 spiro atoms. The van der Waals surface area contributed by atoms with Crippen molar-refractivity contribution >= 4 is 11.6 Å². The predicted octanol–water partition coefficient (Wildman–Crippen LogP) is 1.84. The summed E-state index contributed by atoms with van der Waals surface area (Å²) >= 11 is 0. The van der Waals surface area contributed by atoms with E-state index in [1.165, 1.54) is 0 Å². The standard InChI is InChI=1S/C15H25N3O/c1-5-7-14(16)15(19)18(4)11-12-8-6-9-13(10-12)17(2)3/h6,8-10,14H,5,7,11,16H2,1-4H3/t14-/m1/s1. The van der Waals surface area contributed by atoms with E-state index < -0.39 is 0 Å². The maximum Gasteiger partial charge on any atom is 0.239 e. The highest BCUT2D eigenvalue weighted by molar-refractivity contribution is 5.81. The van der Waals surface area contributed by atoms with E-state index in [1.54, 1.807) is 11.9 Å². The Morgan fingerprint density at radius 1 is 1.32 bits per heavy atom. The highest BCUT2D eigenvalue weighted by atomic mass is 16.2. The molecule has 1 aromatic carbocycles. The molecule has 0 saturated heterocycles. The molecule has 4 heteroatoms. The minimum Gasteiger partial charge on any atom is -0.378 e. The fourth-order valence-corrected chi connectivity index (χ4v) is 2.00. The fourth-order valence-electron chi connectivity index (χ4n) is 2.00. The second-order valence-electron chi connectivity index (χ2n) is 5.15. The van der Waals surface area contributed by atoms with Crippen molar-refractivity contribution in [2.24, 2.45) is 5.73 Å². The Bertz CT molecular complexity index is 418. The number of hydrogen-bond donors (Lipinski definition) is 1. The number of nitrogens with zero attached hydrogens (tertiary/aromatic N) is 2. The Kier molecular flexibility index (Phi) is 5.83. The van der Waals surface area contributed by atoms with Crippen LogP contribution in [0.25, 0.3) is 0 Å². The lowest BCUT2D eigenvalue weighted by atomic mass is 10.1. The molecule has 1 amide bonds. The van der Waals surface area contributed by atoms with Gasteiger partial charge in [-0.2, -0.15) is 0 Å². The van der Waals surface area contributed by atoms with E-state index in [0.29, 0.717) is 6.54 Å². The summed E-state index contributed by atoms with van der Waals surface area (Å²) in [7, 11) is 5.82. The minimum atomic E-state index is -0.382. The van der Waals surface area contributed by atoms with Crippen molar-refractivity contribution in [1.82, 2.24) is 4.90 Å². The first-order chi connectivity index (χ1) is 8.95. The third-order valence-electron chi connectivity index (χ3n) is 3.14. The van der Waals surface area contributed by atoms with Crippen LogP contribution in [0.1, 0.15) is 25.3 Å². The van der Waals surface area contributed by atoms with Crippen LogP contribution in [-0.2, 0) is 11.3 Å². The second kappa shape index (κ2) is 7.14. The number of nitrogens with two attached hydrogens (primary N) is 1. The molecule has 1 atom stereocenters. The molecule has 0 aromatic heterocycles. The predicted molar refractivity (Wildman–Crippen MR) is 80.1 cm³/mol. The van der Waals surface area contributed by atoms with Crippen molar-refractivity contribution in [1.29, 1.82) is 0 Å². The number of amides is 1. The zero-order chi connectivity index (χ0) is 14.4. The highest BCUT2D eigenvalue weighted by Gasteiger charge is 2.17. The molecule has 0 bridgehead atoms. The molecule has 0 saturated carbocycles. The summed E-state index contributed by atoms with van der Waals surface area (Å²) in [6, 6.07) is 7.80. The minimum absolute atomic E-state index is 0.0112. The van der Waals surface area contributed by atoms with Gasteiger partial charge in [0.05, 0.1) is 6.04 Å². The molecule has 0 fully saturated rings. The smallest absolute Gasteiger partial charge is 0.239 e. The molecule has 4 nitrogen and oxygen atoms in total. The topological polar surface area (TPSA) is 49.6 Å². The molecule has 2 N–H and O–H groups in total. The first kappa shape index (κ1) is 15.5. The molecule has 0 aliphatic rings. The molecule has 0 heterocycles. The Morgan fingerprint density at radius 3 is 2.58 bits per heavy atom. The van der Waals surface area contributed by atoms with Crippen LogP contribution in [0.2, 0.25) is 0 Å². The largest absolute Gasteiger partial charge is 0.378 e. The van der Waals surface area contributed by atoms with Crippen molar-refractivity contribution in [2.45, 2.75) is 32.4 Å². The molecule has 1 aromatic rings. The Balaban J connectivity index is 2.68. The van der Waals surface area contributed by atoms with Crippen molar-refractivity contribution in [2.75, 3.05) is 26.0 Å². The number of anilines is 1. The quantitative estimate of drug-likeness (QED) is 0.852. The lowest BCUT2D eigenvalue weighted by Gasteiger charge is -2.22. The van der Waals surface area contributed by atoms with Gasteiger partial charge in [-0.3, -0.25) is 4.79 Å². The second-order valence-corrected chi connectivity index (χ2v) is 5.15. The van der Waals surface area contributed by atoms with Gasteiger partial charge in [-0.25, -0.2) is 0 Å². The van der Waals surface area contributed by atoms with Crippen LogP contribution >= 0.6 is 0 Å². The van der Waals surface area contributed by atoms with Crippen LogP contribution in [0.15, 0.2) is 24.3 Å². The average molecular weight is 263 g/mol. The van der Waals surface area contributed by atoms with Gasteiger partial charge in [0.2, 0.25) is 5.91 Å². The maximum atomic E-state index is 12.0. The van der Waals surface area contributed by atoms with Crippen LogP contribution < -0.4 is 10.6 Å². The van der Waals surface area contributed by atoms with Crippen molar-refractivity contribution in [3.8, 4) is 0 Å². The molecule has 19 heavy (non-hydrogen) atoms. The molecule has 0 aliphatic carbocycles. The molecule has 106 valence electrons. The van der Waals surface area contributed by atoms with Gasteiger partial charge in [0.25, 0.3) is 0 Å². The summed E-state index contributed by atoms with van der Waals surface area (Å²) in [5, 5.41) is 0. The third-order valence-corrected chi connectivity index (χ3v) is 3.14. The summed E-state index contributed by atoms with van der Waals surface area (Å²) < 4.78 is 0. The van der Waals surface area contributed by atoms with Gasteiger partial charge in [0, 0.05) is 33.4 Å². The number of carbonyl (C=O) groups is 1. The first-order valence-corrected chi connectivity index (χ1v) is 6.72. The molecule has 0 unspecified atom stereocenters. The van der Waals surface area contributed by atoms with Gasteiger partial charge in [0.1, 0.15) is 0 Å². The summed E-state index contributed by atoms with van der Waals surface area (Å²) in [5.41, 5.74) is 8.11. The lowest BCUT2D eigenvalue weighted by Crippen LogP contribution is -2.41. The summed E-state index contributed by atoms with van der Waals surface area (Å²) in [6.45, 7) is 2.63. The van der Waals surface area contributed by atoms with Crippen LogP contribution in [0.4, 0.5) is 5.69 Å². The Morgan fingerprint density at radius 2 is 2.00 bits per heavy atom. The van der Waals surface area contributed by atoms with Crippen molar-refractivity contribution in [3.05, 3.63) is 29.8 Å². The molecule has 1 rings (SSSR count). The number of rotatable bonds is 6. The Labute approximate surface area is 116 Å². The SMILES string of the molecule is CCC[C@@H](N)C(=O)N(C)Cc1cccc(N(C)C)c1. The number of benzene rings is 1. The van der Waals surface area contributed by atoms with Crippen LogP contribution in [0.5, 0.6) is 0 Å². The third kappa shape index (κ3) is 4.56. The van der Waals surface area contributed by atoms with Gasteiger partial charge in [-0.1, -0.05) is 25.5 Å². The molecular weight excluding hydrogens is 238 g/mol. The Hall–Kier alpha value is -1.55. The zero-order valence-corrected chi connectivity index (χ0v) is 12.4. The van der Waals surface area contributed by atoms with Gasteiger partial charge in [0.15, 0.2) is 0 Å². The molecular formula is C15H25N3O.